The van der Waals surface area contributed by atoms with Gasteiger partial charge in [-0.2, -0.15) is 0 Å². The molecule has 0 atom stereocenters. The third kappa shape index (κ3) is 2.59. The number of anilines is 1. The van der Waals surface area contributed by atoms with Crippen molar-refractivity contribution in [1.29, 1.82) is 0 Å². The number of hydrogen-bond acceptors (Lipinski definition) is 7. The van der Waals surface area contributed by atoms with Crippen molar-refractivity contribution in [2.24, 2.45) is 0 Å². The summed E-state index contributed by atoms with van der Waals surface area (Å²) in [5.41, 5.74) is 1.02. The van der Waals surface area contributed by atoms with E-state index in [0.29, 0.717) is 12.2 Å². The van der Waals surface area contributed by atoms with Gasteiger partial charge >= 0.3 is 0 Å². The Balaban J connectivity index is 1.44. The summed E-state index contributed by atoms with van der Waals surface area (Å²) in [6, 6.07) is 5.41. The summed E-state index contributed by atoms with van der Waals surface area (Å²) in [6.45, 7) is 2.40. The van der Waals surface area contributed by atoms with Gasteiger partial charge in [-0.3, -0.25) is 14.3 Å². The summed E-state index contributed by atoms with van der Waals surface area (Å²) in [7, 11) is 0. The van der Waals surface area contributed by atoms with Gasteiger partial charge in [-0.25, -0.2) is 9.97 Å². The lowest BCUT2D eigenvalue weighted by Gasteiger charge is -2.38. The Bertz CT molecular complexity index is 1010. The van der Waals surface area contributed by atoms with Crippen LogP contribution in [0.4, 0.5) is 5.95 Å². The van der Waals surface area contributed by atoms with Gasteiger partial charge in [-0.1, -0.05) is 0 Å². The van der Waals surface area contributed by atoms with Crippen molar-refractivity contribution < 1.29 is 0 Å². The Morgan fingerprint density at radius 2 is 1.59 bits per heavy atom. The predicted molar refractivity (Wildman–Crippen MR) is 99.3 cm³/mol. The zero-order valence-electron chi connectivity index (χ0n) is 14.8. The first-order chi connectivity index (χ1) is 13.3. The zero-order chi connectivity index (χ0) is 18.3. The minimum atomic E-state index is -0.0752. The van der Waals surface area contributed by atoms with Crippen LogP contribution < -0.4 is 10.5 Å². The van der Waals surface area contributed by atoms with E-state index in [0.717, 1.165) is 49.7 Å². The molecule has 2 aliphatic rings. The number of fused-ring (bicyclic) bond motifs is 2. The van der Waals surface area contributed by atoms with Crippen LogP contribution in [0.1, 0.15) is 25.1 Å². The lowest BCUT2D eigenvalue weighted by atomic mass is 9.77. The number of aromatic nitrogens is 6. The van der Waals surface area contributed by atoms with Crippen LogP contribution in [0.25, 0.3) is 11.3 Å². The van der Waals surface area contributed by atoms with Crippen LogP contribution in [0.5, 0.6) is 0 Å². The third-order valence-electron chi connectivity index (χ3n) is 5.75. The van der Waals surface area contributed by atoms with Crippen LogP contribution in [0.15, 0.2) is 47.8 Å². The molecule has 1 spiro atoms. The second-order valence-electron chi connectivity index (χ2n) is 7.13. The highest BCUT2D eigenvalue weighted by molar-refractivity contribution is 5.56. The molecule has 0 unspecified atom stereocenters. The molecule has 8 nitrogen and oxygen atoms in total. The van der Waals surface area contributed by atoms with E-state index in [-0.39, 0.29) is 11.0 Å². The van der Waals surface area contributed by atoms with Crippen molar-refractivity contribution in [1.82, 2.24) is 29.7 Å². The lowest BCUT2D eigenvalue weighted by molar-refractivity contribution is 0.319. The SMILES string of the molecule is O=c1c(-c2ccncc2)nnc2n1CCC21CCN(c2ncccn2)CC1. The van der Waals surface area contributed by atoms with E-state index >= 15 is 0 Å². The van der Waals surface area contributed by atoms with Gasteiger partial charge in [0.25, 0.3) is 5.56 Å². The molecule has 136 valence electrons. The summed E-state index contributed by atoms with van der Waals surface area (Å²) in [5, 5.41) is 8.81. The van der Waals surface area contributed by atoms with E-state index in [1.807, 2.05) is 10.6 Å². The minimum Gasteiger partial charge on any atom is -0.341 e. The maximum atomic E-state index is 13.0. The minimum absolute atomic E-state index is 0.0584. The maximum Gasteiger partial charge on any atom is 0.280 e. The summed E-state index contributed by atoms with van der Waals surface area (Å²) >= 11 is 0. The Morgan fingerprint density at radius 3 is 2.33 bits per heavy atom. The van der Waals surface area contributed by atoms with E-state index in [4.69, 9.17) is 0 Å². The molecular weight excluding hydrogens is 342 g/mol. The van der Waals surface area contributed by atoms with Crippen LogP contribution in [0.3, 0.4) is 0 Å². The molecule has 1 fully saturated rings. The van der Waals surface area contributed by atoms with E-state index in [9.17, 15) is 4.79 Å². The maximum absolute atomic E-state index is 13.0. The molecule has 0 radical (unpaired) electrons. The average molecular weight is 361 g/mol. The Labute approximate surface area is 156 Å². The van der Waals surface area contributed by atoms with Crippen molar-refractivity contribution in [3.8, 4) is 11.3 Å². The first-order valence-corrected chi connectivity index (χ1v) is 9.17. The molecule has 27 heavy (non-hydrogen) atoms. The van der Waals surface area contributed by atoms with Gasteiger partial charge in [-0.15, -0.1) is 10.2 Å². The van der Waals surface area contributed by atoms with Crippen molar-refractivity contribution in [3.05, 3.63) is 59.2 Å². The molecule has 3 aromatic rings. The molecule has 5 rings (SSSR count). The predicted octanol–water partition coefficient (Wildman–Crippen LogP) is 1.43. The summed E-state index contributed by atoms with van der Waals surface area (Å²) in [5.74, 6) is 1.60. The fourth-order valence-electron chi connectivity index (χ4n) is 4.21. The molecule has 0 aromatic carbocycles. The number of pyridine rings is 1. The Hall–Kier alpha value is -3.16. The fraction of sp³-hybridized carbons (Fsp3) is 0.368. The van der Waals surface area contributed by atoms with Crippen molar-refractivity contribution >= 4 is 5.95 Å². The van der Waals surface area contributed by atoms with E-state index in [1.54, 1.807) is 36.9 Å². The second-order valence-corrected chi connectivity index (χ2v) is 7.13. The highest BCUT2D eigenvalue weighted by atomic mass is 16.1. The largest absolute Gasteiger partial charge is 0.341 e. The van der Waals surface area contributed by atoms with Crippen LogP contribution in [0, 0.1) is 0 Å². The molecule has 2 aliphatic heterocycles. The normalized spacial score (nSPS) is 17.9. The Morgan fingerprint density at radius 1 is 0.889 bits per heavy atom. The van der Waals surface area contributed by atoms with Gasteiger partial charge in [0.15, 0.2) is 5.69 Å². The van der Waals surface area contributed by atoms with Crippen molar-refractivity contribution in [2.45, 2.75) is 31.2 Å². The van der Waals surface area contributed by atoms with E-state index in [2.05, 4.69) is 30.0 Å². The van der Waals surface area contributed by atoms with Crippen LogP contribution in [0.2, 0.25) is 0 Å². The van der Waals surface area contributed by atoms with Gasteiger partial charge in [0.1, 0.15) is 5.82 Å². The van der Waals surface area contributed by atoms with Gasteiger partial charge in [0.05, 0.1) is 0 Å². The molecule has 8 heteroatoms. The van der Waals surface area contributed by atoms with Gasteiger partial charge in [0, 0.05) is 55.4 Å². The number of piperidine rings is 1. The van der Waals surface area contributed by atoms with Crippen molar-refractivity contribution in [3.63, 3.8) is 0 Å². The van der Waals surface area contributed by atoms with Gasteiger partial charge < -0.3 is 4.90 Å². The quantitative estimate of drug-likeness (QED) is 0.682. The molecule has 0 N–H and O–H groups in total. The topological polar surface area (TPSA) is 89.7 Å². The molecule has 5 heterocycles. The zero-order valence-corrected chi connectivity index (χ0v) is 14.8. The first-order valence-electron chi connectivity index (χ1n) is 9.17. The highest BCUT2D eigenvalue weighted by Gasteiger charge is 2.44. The van der Waals surface area contributed by atoms with Crippen LogP contribution >= 0.6 is 0 Å². The summed E-state index contributed by atoms with van der Waals surface area (Å²) < 4.78 is 1.82. The standard InChI is InChI=1S/C19H19N7O/c27-16-15(14-2-9-20-10-3-14)23-24-17-19(6-13-26(16)17)4-11-25(12-5-19)18-21-7-1-8-22-18/h1-3,7-10H,4-6,11-13H2. The number of nitrogens with zero attached hydrogens (tertiary/aromatic N) is 7. The summed E-state index contributed by atoms with van der Waals surface area (Å²) in [6.07, 6.45) is 9.64. The van der Waals surface area contributed by atoms with Gasteiger partial charge in [-0.05, 0) is 37.5 Å². The molecule has 0 saturated carbocycles. The molecule has 0 bridgehead atoms. The summed E-state index contributed by atoms with van der Waals surface area (Å²) in [4.78, 5) is 27.9. The molecule has 1 saturated heterocycles. The van der Waals surface area contributed by atoms with Crippen molar-refractivity contribution in [2.75, 3.05) is 18.0 Å². The van der Waals surface area contributed by atoms with Gasteiger partial charge in [0.2, 0.25) is 5.95 Å². The van der Waals surface area contributed by atoms with Crippen LogP contribution in [-0.4, -0.2) is 42.8 Å². The molecular formula is C19H19N7O. The lowest BCUT2D eigenvalue weighted by Crippen LogP contribution is -2.43. The Kier molecular flexibility index (Phi) is 3.70. The highest BCUT2D eigenvalue weighted by Crippen LogP contribution is 2.41. The third-order valence-corrected chi connectivity index (χ3v) is 5.75. The van der Waals surface area contributed by atoms with E-state index in [1.165, 1.54) is 0 Å². The second kappa shape index (κ2) is 6.22. The smallest absolute Gasteiger partial charge is 0.280 e. The monoisotopic (exact) mass is 361 g/mol. The molecule has 0 amide bonds. The van der Waals surface area contributed by atoms with Crippen LogP contribution in [-0.2, 0) is 12.0 Å². The molecule has 0 aliphatic carbocycles. The number of hydrogen-bond donors (Lipinski definition) is 0. The average Bonchev–Trinajstić information content (AvgIpc) is 3.09. The van der Waals surface area contributed by atoms with E-state index < -0.39 is 0 Å². The number of rotatable bonds is 2. The molecule has 3 aromatic heterocycles. The fourth-order valence-corrected chi connectivity index (χ4v) is 4.21. The first kappa shape index (κ1) is 16.0.